The van der Waals surface area contributed by atoms with Gasteiger partial charge in [-0.15, -0.1) is 0 Å². The van der Waals surface area contributed by atoms with E-state index in [0.29, 0.717) is 12.8 Å². The SMILES string of the molecule is CC(C)c1nc(S(=O)(=O)NC2CCC(n3nc4c(cc3=O)CCCC4)CC2)cn1C. The van der Waals surface area contributed by atoms with Crippen molar-refractivity contribution in [1.29, 1.82) is 0 Å². The summed E-state index contributed by atoms with van der Waals surface area (Å²) in [5, 5.41) is 4.74. The number of aromatic nitrogens is 4. The first-order valence-corrected chi connectivity index (χ1v) is 12.4. The summed E-state index contributed by atoms with van der Waals surface area (Å²) in [7, 11) is -1.85. The lowest BCUT2D eigenvalue weighted by atomic mass is 9.91. The van der Waals surface area contributed by atoms with E-state index in [1.54, 1.807) is 21.5 Å². The lowest BCUT2D eigenvalue weighted by Crippen LogP contribution is -2.40. The van der Waals surface area contributed by atoms with Crippen LogP contribution < -0.4 is 10.3 Å². The van der Waals surface area contributed by atoms with Gasteiger partial charge < -0.3 is 4.57 Å². The standard InChI is InChI=1S/C21H31N5O3S/c1-14(2)21-22-19(13-25(21)3)30(28,29)24-16-8-10-17(11-9-16)26-20(27)12-15-6-4-5-7-18(15)23-26/h12-14,16-17,24H,4-11H2,1-3H3. The van der Waals surface area contributed by atoms with Crippen molar-refractivity contribution in [3.8, 4) is 0 Å². The molecule has 0 unspecified atom stereocenters. The van der Waals surface area contributed by atoms with Crippen LogP contribution in [-0.2, 0) is 29.9 Å². The Morgan fingerprint density at radius 2 is 1.83 bits per heavy atom. The van der Waals surface area contributed by atoms with Gasteiger partial charge in [0.15, 0.2) is 5.03 Å². The maximum Gasteiger partial charge on any atom is 0.267 e. The Labute approximate surface area is 177 Å². The van der Waals surface area contributed by atoms with Crippen molar-refractivity contribution in [2.75, 3.05) is 0 Å². The van der Waals surface area contributed by atoms with Gasteiger partial charge in [-0.2, -0.15) is 5.10 Å². The van der Waals surface area contributed by atoms with Crippen LogP contribution in [-0.4, -0.2) is 33.8 Å². The Morgan fingerprint density at radius 1 is 1.13 bits per heavy atom. The first-order valence-electron chi connectivity index (χ1n) is 10.9. The van der Waals surface area contributed by atoms with Gasteiger partial charge in [0.05, 0.1) is 11.7 Å². The molecule has 0 amide bonds. The van der Waals surface area contributed by atoms with E-state index >= 15 is 0 Å². The first-order chi connectivity index (χ1) is 14.2. The van der Waals surface area contributed by atoms with Crippen LogP contribution in [0.4, 0.5) is 0 Å². The fourth-order valence-corrected chi connectivity index (χ4v) is 5.98. The molecule has 1 saturated carbocycles. The number of fused-ring (bicyclic) bond motifs is 1. The second-order valence-corrected chi connectivity index (χ2v) is 10.6. The number of imidazole rings is 1. The van der Waals surface area contributed by atoms with E-state index in [0.717, 1.165) is 55.6 Å². The van der Waals surface area contributed by atoms with Crippen LogP contribution in [0.1, 0.15) is 81.4 Å². The maximum absolute atomic E-state index is 12.8. The topological polar surface area (TPSA) is 98.9 Å². The van der Waals surface area contributed by atoms with Crippen molar-refractivity contribution in [2.24, 2.45) is 7.05 Å². The van der Waals surface area contributed by atoms with Crippen LogP contribution in [0.3, 0.4) is 0 Å². The van der Waals surface area contributed by atoms with Gasteiger partial charge >= 0.3 is 0 Å². The number of nitrogens with one attached hydrogen (secondary N) is 1. The van der Waals surface area contributed by atoms with Crippen molar-refractivity contribution in [2.45, 2.75) is 88.2 Å². The zero-order chi connectivity index (χ0) is 21.5. The van der Waals surface area contributed by atoms with E-state index in [9.17, 15) is 13.2 Å². The maximum atomic E-state index is 12.8. The molecule has 0 spiro atoms. The number of hydrogen-bond acceptors (Lipinski definition) is 5. The minimum Gasteiger partial charge on any atom is -0.336 e. The molecular weight excluding hydrogens is 402 g/mol. The summed E-state index contributed by atoms with van der Waals surface area (Å²) >= 11 is 0. The van der Waals surface area contributed by atoms with Crippen molar-refractivity contribution < 1.29 is 8.42 Å². The van der Waals surface area contributed by atoms with Crippen LogP contribution in [0.15, 0.2) is 22.1 Å². The third-order valence-electron chi connectivity index (χ3n) is 6.28. The predicted molar refractivity (Wildman–Crippen MR) is 114 cm³/mol. The highest BCUT2D eigenvalue weighted by atomic mass is 32.2. The smallest absolute Gasteiger partial charge is 0.267 e. The molecule has 2 heterocycles. The quantitative estimate of drug-likeness (QED) is 0.781. The van der Waals surface area contributed by atoms with Crippen LogP contribution >= 0.6 is 0 Å². The summed E-state index contributed by atoms with van der Waals surface area (Å²) in [6.07, 6.45) is 8.53. The molecule has 2 aliphatic carbocycles. The van der Waals surface area contributed by atoms with Gasteiger partial charge in [0.2, 0.25) is 0 Å². The molecule has 1 fully saturated rings. The Kier molecular flexibility index (Phi) is 5.85. The average Bonchev–Trinajstić information content (AvgIpc) is 3.11. The molecule has 9 heteroatoms. The number of hydrogen-bond donors (Lipinski definition) is 1. The highest BCUT2D eigenvalue weighted by Gasteiger charge is 2.29. The number of sulfonamides is 1. The van der Waals surface area contributed by atoms with Crippen molar-refractivity contribution in [3.05, 3.63) is 39.7 Å². The molecule has 2 aromatic heterocycles. The zero-order valence-electron chi connectivity index (χ0n) is 18.0. The monoisotopic (exact) mass is 433 g/mol. The molecule has 1 N–H and O–H groups in total. The molecular formula is C21H31N5O3S. The summed E-state index contributed by atoms with van der Waals surface area (Å²) < 4.78 is 31.8. The number of nitrogens with zero attached hydrogens (tertiary/aromatic N) is 4. The fraction of sp³-hybridized carbons (Fsp3) is 0.667. The largest absolute Gasteiger partial charge is 0.336 e. The molecule has 0 atom stereocenters. The lowest BCUT2D eigenvalue weighted by molar-refractivity contribution is 0.282. The van der Waals surface area contributed by atoms with E-state index in [1.165, 1.54) is 0 Å². The molecule has 0 saturated heterocycles. The highest BCUT2D eigenvalue weighted by Crippen LogP contribution is 2.29. The van der Waals surface area contributed by atoms with Gasteiger partial charge in [-0.1, -0.05) is 13.8 Å². The Balaban J connectivity index is 1.43. The van der Waals surface area contributed by atoms with E-state index in [1.807, 2.05) is 20.9 Å². The summed E-state index contributed by atoms with van der Waals surface area (Å²) in [6.45, 7) is 3.98. The number of aryl methyl sites for hydroxylation is 3. The van der Waals surface area contributed by atoms with E-state index in [-0.39, 0.29) is 28.6 Å². The fourth-order valence-electron chi connectivity index (χ4n) is 4.67. The Morgan fingerprint density at radius 3 is 2.50 bits per heavy atom. The molecule has 8 nitrogen and oxygen atoms in total. The third-order valence-corrected chi connectivity index (χ3v) is 7.67. The Hall–Kier alpha value is -2.00. The molecule has 164 valence electrons. The molecule has 2 aromatic rings. The van der Waals surface area contributed by atoms with Crippen molar-refractivity contribution >= 4 is 10.0 Å². The zero-order valence-corrected chi connectivity index (χ0v) is 18.8. The van der Waals surface area contributed by atoms with Crippen LogP contribution in [0.5, 0.6) is 0 Å². The van der Waals surface area contributed by atoms with E-state index in [2.05, 4.69) is 14.8 Å². The molecule has 0 aliphatic heterocycles. The van der Waals surface area contributed by atoms with Gasteiger partial charge in [0.25, 0.3) is 15.6 Å². The minimum atomic E-state index is -3.66. The summed E-state index contributed by atoms with van der Waals surface area (Å²) in [4.78, 5) is 16.9. The van der Waals surface area contributed by atoms with Crippen molar-refractivity contribution in [1.82, 2.24) is 24.1 Å². The summed E-state index contributed by atoms with van der Waals surface area (Å²) in [6, 6.07) is 1.64. The molecule has 0 aromatic carbocycles. The van der Waals surface area contributed by atoms with Gasteiger partial charge in [0, 0.05) is 31.3 Å². The normalized spacial score (nSPS) is 22.3. The molecule has 0 radical (unpaired) electrons. The van der Waals surface area contributed by atoms with Gasteiger partial charge in [-0.25, -0.2) is 22.8 Å². The van der Waals surface area contributed by atoms with Crippen LogP contribution in [0, 0.1) is 0 Å². The molecule has 30 heavy (non-hydrogen) atoms. The predicted octanol–water partition coefficient (Wildman–Crippen LogP) is 2.44. The first kappa shape index (κ1) is 21.2. The minimum absolute atomic E-state index is 0.0330. The van der Waals surface area contributed by atoms with Crippen LogP contribution in [0.25, 0.3) is 0 Å². The molecule has 2 aliphatic rings. The second-order valence-electron chi connectivity index (χ2n) is 8.94. The third kappa shape index (κ3) is 4.23. The Bertz CT molecular complexity index is 1080. The van der Waals surface area contributed by atoms with Gasteiger partial charge in [-0.05, 0) is 56.9 Å². The number of rotatable bonds is 5. The van der Waals surface area contributed by atoms with Crippen molar-refractivity contribution in [3.63, 3.8) is 0 Å². The van der Waals surface area contributed by atoms with Crippen LogP contribution in [0.2, 0.25) is 0 Å². The molecule has 0 bridgehead atoms. The second kappa shape index (κ2) is 8.26. The van der Waals surface area contributed by atoms with E-state index < -0.39 is 10.0 Å². The average molecular weight is 434 g/mol. The molecule has 4 rings (SSSR count). The summed E-state index contributed by atoms with van der Waals surface area (Å²) in [5.74, 6) is 0.897. The lowest BCUT2D eigenvalue weighted by Gasteiger charge is -2.30. The van der Waals surface area contributed by atoms with E-state index in [4.69, 9.17) is 0 Å². The summed E-state index contributed by atoms with van der Waals surface area (Å²) in [5.41, 5.74) is 2.12. The highest BCUT2D eigenvalue weighted by molar-refractivity contribution is 7.89. The van der Waals surface area contributed by atoms with Gasteiger partial charge in [-0.3, -0.25) is 4.79 Å². The van der Waals surface area contributed by atoms with Gasteiger partial charge in [0.1, 0.15) is 5.82 Å².